The lowest BCUT2D eigenvalue weighted by molar-refractivity contribution is -0.0194. The van der Waals surface area contributed by atoms with Gasteiger partial charge in [-0.25, -0.2) is 0 Å². The first-order valence-electron chi connectivity index (χ1n) is 6.03. The van der Waals surface area contributed by atoms with E-state index in [9.17, 15) is 0 Å². The summed E-state index contributed by atoms with van der Waals surface area (Å²) in [7, 11) is 0. The molecule has 0 amide bonds. The zero-order valence-corrected chi connectivity index (χ0v) is 12.4. The van der Waals surface area contributed by atoms with Crippen molar-refractivity contribution in [2.45, 2.75) is 76.8 Å². The van der Waals surface area contributed by atoms with Crippen LogP contribution >= 0.6 is 15.9 Å². The quantitative estimate of drug-likeness (QED) is 0.688. The predicted octanol–water partition coefficient (Wildman–Crippen LogP) is 4.53. The summed E-state index contributed by atoms with van der Waals surface area (Å²) < 4.78 is 5.99. The van der Waals surface area contributed by atoms with Crippen molar-refractivity contribution in [1.82, 2.24) is 0 Å². The van der Waals surface area contributed by atoms with Gasteiger partial charge in [-0.3, -0.25) is 0 Å². The van der Waals surface area contributed by atoms with Gasteiger partial charge in [-0.05, 0) is 44.9 Å². The minimum absolute atomic E-state index is 0.119. The molecule has 1 saturated heterocycles. The van der Waals surface area contributed by atoms with Gasteiger partial charge >= 0.3 is 0 Å². The van der Waals surface area contributed by atoms with Crippen molar-refractivity contribution >= 4 is 15.9 Å². The van der Waals surface area contributed by atoms with Crippen molar-refractivity contribution in [3.8, 4) is 0 Å². The summed E-state index contributed by atoms with van der Waals surface area (Å²) in [6, 6.07) is 0. The first kappa shape index (κ1) is 13.5. The maximum Gasteiger partial charge on any atom is 0.0631 e. The zero-order chi connectivity index (χ0) is 11.7. The maximum absolute atomic E-state index is 5.99. The summed E-state index contributed by atoms with van der Waals surface area (Å²) in [6.45, 7) is 11.2. The molecule has 1 heterocycles. The van der Waals surface area contributed by atoms with E-state index >= 15 is 0 Å². The Kier molecular flexibility index (Phi) is 4.27. The van der Waals surface area contributed by atoms with E-state index in [1.54, 1.807) is 0 Å². The normalized spacial score (nSPS) is 28.0. The first-order chi connectivity index (χ1) is 6.71. The van der Waals surface area contributed by atoms with Crippen molar-refractivity contribution in [2.24, 2.45) is 5.41 Å². The third-order valence-corrected chi connectivity index (χ3v) is 5.07. The highest BCUT2D eigenvalue weighted by Gasteiger charge is 2.32. The summed E-state index contributed by atoms with van der Waals surface area (Å²) in [5.41, 5.74) is 0.475. The Hall–Kier alpha value is 0.440. The molecular formula is C13H25BrO. The lowest BCUT2D eigenvalue weighted by atomic mass is 9.89. The fourth-order valence-corrected chi connectivity index (χ4v) is 2.31. The van der Waals surface area contributed by atoms with Gasteiger partial charge in [0.25, 0.3) is 0 Å². The van der Waals surface area contributed by atoms with E-state index in [1.165, 1.54) is 25.7 Å². The highest BCUT2D eigenvalue weighted by atomic mass is 79.9. The van der Waals surface area contributed by atoms with Crippen LogP contribution in [-0.2, 0) is 4.74 Å². The fourth-order valence-electron chi connectivity index (χ4n) is 2.05. The molecule has 0 aliphatic carbocycles. The van der Waals surface area contributed by atoms with E-state index in [4.69, 9.17) is 4.74 Å². The van der Waals surface area contributed by atoms with Crippen LogP contribution in [0.15, 0.2) is 0 Å². The van der Waals surface area contributed by atoms with Gasteiger partial charge in [0.1, 0.15) is 0 Å². The van der Waals surface area contributed by atoms with Gasteiger partial charge in [0.2, 0.25) is 0 Å². The van der Waals surface area contributed by atoms with Crippen LogP contribution in [-0.4, -0.2) is 16.5 Å². The molecule has 0 spiro atoms. The molecule has 15 heavy (non-hydrogen) atoms. The smallest absolute Gasteiger partial charge is 0.0631 e. The largest absolute Gasteiger partial charge is 0.372 e. The van der Waals surface area contributed by atoms with Crippen LogP contribution in [0.25, 0.3) is 0 Å². The summed E-state index contributed by atoms with van der Waals surface area (Å²) in [6.07, 6.45) is 5.33. The lowest BCUT2D eigenvalue weighted by Crippen LogP contribution is -2.23. The van der Waals surface area contributed by atoms with Crippen LogP contribution in [0.5, 0.6) is 0 Å². The molecule has 90 valence electrons. The van der Waals surface area contributed by atoms with E-state index in [1.807, 2.05) is 0 Å². The molecule has 1 nitrogen and oxygen atoms in total. The molecule has 0 aromatic carbocycles. The third kappa shape index (κ3) is 4.44. The van der Waals surface area contributed by atoms with Crippen molar-refractivity contribution < 1.29 is 4.74 Å². The Labute approximate surface area is 103 Å². The van der Waals surface area contributed by atoms with Gasteiger partial charge in [0.05, 0.1) is 11.7 Å². The Morgan fingerprint density at radius 1 is 1.40 bits per heavy atom. The van der Waals surface area contributed by atoms with Gasteiger partial charge in [-0.15, -0.1) is 0 Å². The first-order valence-corrected chi connectivity index (χ1v) is 6.94. The number of ether oxygens (including phenoxy) is 1. The summed E-state index contributed by atoms with van der Waals surface area (Å²) in [5, 5.41) is 0. The zero-order valence-electron chi connectivity index (χ0n) is 10.8. The molecule has 2 unspecified atom stereocenters. The van der Waals surface area contributed by atoms with Crippen LogP contribution in [0.4, 0.5) is 0 Å². The fraction of sp³-hybridized carbons (Fsp3) is 1.00. The number of halogens is 1. The molecule has 0 aromatic rings. The van der Waals surface area contributed by atoms with Crippen molar-refractivity contribution in [3.05, 3.63) is 0 Å². The molecule has 2 heteroatoms. The molecule has 1 rings (SSSR count). The van der Waals surface area contributed by atoms with Crippen molar-refractivity contribution in [1.29, 1.82) is 0 Å². The van der Waals surface area contributed by atoms with Crippen molar-refractivity contribution in [3.63, 3.8) is 0 Å². The van der Waals surface area contributed by atoms with Crippen LogP contribution in [0.1, 0.15) is 60.3 Å². The van der Waals surface area contributed by atoms with Gasteiger partial charge in [-0.2, -0.15) is 0 Å². The van der Waals surface area contributed by atoms with E-state index < -0.39 is 0 Å². The lowest BCUT2D eigenvalue weighted by Gasteiger charge is -2.27. The number of rotatable bonds is 3. The van der Waals surface area contributed by atoms with E-state index in [0.717, 1.165) is 0 Å². The second-order valence-electron chi connectivity index (χ2n) is 6.45. The van der Waals surface area contributed by atoms with Gasteiger partial charge in [-0.1, -0.05) is 36.7 Å². The Bertz CT molecular complexity index is 205. The topological polar surface area (TPSA) is 9.23 Å². The summed E-state index contributed by atoms with van der Waals surface area (Å²) in [5.74, 6) is 0. The second kappa shape index (κ2) is 4.75. The van der Waals surface area contributed by atoms with Gasteiger partial charge in [0.15, 0.2) is 0 Å². The maximum atomic E-state index is 5.99. The Morgan fingerprint density at radius 3 is 2.40 bits per heavy atom. The molecule has 0 bridgehead atoms. The minimum atomic E-state index is 0.119. The van der Waals surface area contributed by atoms with Crippen molar-refractivity contribution in [2.75, 3.05) is 0 Å². The molecule has 0 N–H and O–H groups in total. The molecule has 0 saturated carbocycles. The van der Waals surface area contributed by atoms with Crippen LogP contribution in [0.3, 0.4) is 0 Å². The predicted molar refractivity (Wildman–Crippen MR) is 69.6 cm³/mol. The Morgan fingerprint density at radius 2 is 2.00 bits per heavy atom. The molecule has 0 radical (unpaired) electrons. The molecule has 2 atom stereocenters. The number of hydrogen-bond donors (Lipinski definition) is 0. The summed E-state index contributed by atoms with van der Waals surface area (Å²) >= 11 is 3.78. The summed E-state index contributed by atoms with van der Waals surface area (Å²) in [4.78, 5) is 0.595. The number of hydrogen-bond acceptors (Lipinski definition) is 1. The van der Waals surface area contributed by atoms with E-state index in [2.05, 4.69) is 50.5 Å². The van der Waals surface area contributed by atoms with Gasteiger partial charge < -0.3 is 4.74 Å². The Balaban J connectivity index is 2.27. The molecular weight excluding hydrogens is 252 g/mol. The standard InChI is InChI=1S/C13H25BrO/c1-12(2,3)11(14)7-6-10-8-9-13(4,5)15-10/h10-11H,6-9H2,1-5H3. The SMILES string of the molecule is CC1(C)CCC(CCC(Br)C(C)(C)C)O1. The highest BCUT2D eigenvalue weighted by molar-refractivity contribution is 9.09. The van der Waals surface area contributed by atoms with Crippen LogP contribution < -0.4 is 0 Å². The minimum Gasteiger partial charge on any atom is -0.372 e. The van der Waals surface area contributed by atoms with E-state index in [0.29, 0.717) is 16.3 Å². The third-order valence-electron chi connectivity index (χ3n) is 3.24. The average molecular weight is 277 g/mol. The van der Waals surface area contributed by atoms with Gasteiger partial charge in [0, 0.05) is 4.83 Å². The highest BCUT2D eigenvalue weighted by Crippen LogP contribution is 2.35. The molecule has 1 fully saturated rings. The second-order valence-corrected chi connectivity index (χ2v) is 7.55. The monoisotopic (exact) mass is 276 g/mol. The van der Waals surface area contributed by atoms with E-state index in [-0.39, 0.29) is 5.60 Å². The van der Waals surface area contributed by atoms with Crippen LogP contribution in [0, 0.1) is 5.41 Å². The molecule has 1 aliphatic heterocycles. The van der Waals surface area contributed by atoms with Crippen LogP contribution in [0.2, 0.25) is 0 Å². The average Bonchev–Trinajstić information content (AvgIpc) is 2.39. The molecule has 1 aliphatic rings. The molecule has 0 aromatic heterocycles. The number of alkyl halides is 1.